The van der Waals surface area contributed by atoms with Crippen molar-refractivity contribution in [3.63, 3.8) is 0 Å². The van der Waals surface area contributed by atoms with Crippen LogP contribution in [0.15, 0.2) is 30.7 Å². The van der Waals surface area contributed by atoms with Gasteiger partial charge >= 0.3 is 0 Å². The van der Waals surface area contributed by atoms with Gasteiger partial charge in [-0.05, 0) is 23.3 Å². The first kappa shape index (κ1) is 11.2. The van der Waals surface area contributed by atoms with Crippen LogP contribution in [-0.2, 0) is 9.53 Å². The molecule has 1 amide bonds. The Morgan fingerprint density at radius 1 is 1.17 bits per heavy atom. The van der Waals surface area contributed by atoms with Gasteiger partial charge in [-0.1, -0.05) is 0 Å². The van der Waals surface area contributed by atoms with Crippen LogP contribution < -0.4 is 0 Å². The normalized spacial score (nSPS) is 20.2. The first-order valence-electron chi connectivity index (χ1n) is 6.10. The number of fused-ring (bicyclic) bond motifs is 1. The lowest BCUT2D eigenvalue weighted by Crippen LogP contribution is -2.46. The van der Waals surface area contributed by atoms with Crippen LogP contribution >= 0.6 is 0 Å². The number of pyridine rings is 1. The van der Waals surface area contributed by atoms with Crippen LogP contribution in [0.2, 0.25) is 0 Å². The van der Waals surface area contributed by atoms with Gasteiger partial charge in [0.15, 0.2) is 0 Å². The van der Waals surface area contributed by atoms with E-state index in [-0.39, 0.29) is 5.91 Å². The Bertz CT molecular complexity index is 472. The van der Waals surface area contributed by atoms with Gasteiger partial charge in [0.1, 0.15) is 0 Å². The molecule has 0 aromatic carbocycles. The van der Waals surface area contributed by atoms with Crippen molar-refractivity contribution in [1.82, 2.24) is 15.0 Å². The zero-order valence-corrected chi connectivity index (χ0v) is 10.1. The van der Waals surface area contributed by atoms with Gasteiger partial charge in [0.05, 0.1) is 32.7 Å². The Morgan fingerprint density at radius 3 is 2.78 bits per heavy atom. The largest absolute Gasteiger partial charge is 0.378 e. The van der Waals surface area contributed by atoms with Crippen LogP contribution in [0.4, 0.5) is 0 Å². The van der Waals surface area contributed by atoms with Gasteiger partial charge in [-0.2, -0.15) is 0 Å². The smallest absolute Gasteiger partial charge is 0.245 e. The van der Waals surface area contributed by atoms with Gasteiger partial charge in [-0.15, -0.1) is 0 Å². The van der Waals surface area contributed by atoms with Gasteiger partial charge in [-0.25, -0.2) is 0 Å². The van der Waals surface area contributed by atoms with Crippen molar-refractivity contribution < 1.29 is 9.53 Å². The van der Waals surface area contributed by atoms with Crippen LogP contribution in [0.3, 0.4) is 0 Å². The predicted octanol–water partition coefficient (Wildman–Crippen LogP) is 0.902. The Balaban J connectivity index is 1.91. The molecule has 18 heavy (non-hydrogen) atoms. The summed E-state index contributed by atoms with van der Waals surface area (Å²) in [5, 5.41) is 3.74. The van der Waals surface area contributed by atoms with Gasteiger partial charge in [0.25, 0.3) is 0 Å². The summed E-state index contributed by atoms with van der Waals surface area (Å²) in [5.74, 6) is 0.134. The Morgan fingerprint density at radius 2 is 1.94 bits per heavy atom. The van der Waals surface area contributed by atoms with E-state index in [0.717, 1.165) is 17.7 Å². The second-order valence-electron chi connectivity index (χ2n) is 4.36. The number of carbonyl (C=O) groups is 1. The van der Waals surface area contributed by atoms with Crippen molar-refractivity contribution in [2.24, 2.45) is 0 Å². The number of hydrazine groups is 1. The van der Waals surface area contributed by atoms with Gasteiger partial charge in [-0.3, -0.25) is 19.8 Å². The molecular formula is C13H15N3O2. The minimum absolute atomic E-state index is 0.134. The molecule has 94 valence electrons. The van der Waals surface area contributed by atoms with Crippen molar-refractivity contribution in [3.05, 3.63) is 36.3 Å². The molecule has 0 radical (unpaired) electrons. The average Bonchev–Trinajstić information content (AvgIpc) is 2.65. The third kappa shape index (κ3) is 2.09. The van der Waals surface area contributed by atoms with Crippen LogP contribution in [0.1, 0.15) is 12.0 Å². The third-order valence-electron chi connectivity index (χ3n) is 3.21. The summed E-state index contributed by atoms with van der Waals surface area (Å²) in [6.07, 6.45) is 5.99. The zero-order chi connectivity index (χ0) is 12.4. The molecule has 0 atom stereocenters. The van der Waals surface area contributed by atoms with Gasteiger partial charge < -0.3 is 4.74 Å². The fraction of sp³-hybridized carbons (Fsp3) is 0.385. The number of hydrogen-bond acceptors (Lipinski definition) is 4. The highest BCUT2D eigenvalue weighted by atomic mass is 16.5. The van der Waals surface area contributed by atoms with Crippen molar-refractivity contribution in [3.8, 4) is 0 Å². The maximum atomic E-state index is 12.1. The standard InChI is InChI=1S/C13H15N3O2/c17-13-9-12(11-1-3-14-4-2-11)10-15-5-7-18-8-6-16(13)15/h1-4,10H,5-9H2. The molecule has 3 heterocycles. The summed E-state index contributed by atoms with van der Waals surface area (Å²) in [4.78, 5) is 16.1. The molecule has 1 fully saturated rings. The number of ether oxygens (including phenoxy) is 1. The first-order chi connectivity index (χ1) is 8.84. The SMILES string of the molecule is O=C1CC(c2ccncc2)=CN2CCOCCN12. The molecule has 3 rings (SSSR count). The molecular weight excluding hydrogens is 230 g/mol. The molecule has 1 saturated heterocycles. The fourth-order valence-electron chi connectivity index (χ4n) is 2.28. The summed E-state index contributed by atoms with van der Waals surface area (Å²) >= 11 is 0. The van der Waals surface area contributed by atoms with E-state index < -0.39 is 0 Å². The first-order valence-corrected chi connectivity index (χ1v) is 6.10. The Labute approximate surface area is 106 Å². The molecule has 1 aromatic heterocycles. The zero-order valence-electron chi connectivity index (χ0n) is 10.1. The number of amides is 1. The van der Waals surface area contributed by atoms with E-state index in [1.807, 2.05) is 23.3 Å². The molecule has 0 bridgehead atoms. The van der Waals surface area contributed by atoms with Crippen molar-refractivity contribution in [2.75, 3.05) is 26.3 Å². The molecule has 0 unspecified atom stereocenters. The summed E-state index contributed by atoms with van der Waals surface area (Å²) in [6, 6.07) is 3.87. The monoisotopic (exact) mass is 245 g/mol. The van der Waals surface area contributed by atoms with Crippen molar-refractivity contribution in [2.45, 2.75) is 6.42 Å². The molecule has 2 aliphatic rings. The highest BCUT2D eigenvalue weighted by Crippen LogP contribution is 2.25. The molecule has 0 spiro atoms. The fourth-order valence-corrected chi connectivity index (χ4v) is 2.28. The predicted molar refractivity (Wildman–Crippen MR) is 66.1 cm³/mol. The molecule has 5 nitrogen and oxygen atoms in total. The molecule has 5 heteroatoms. The van der Waals surface area contributed by atoms with E-state index in [2.05, 4.69) is 4.98 Å². The van der Waals surface area contributed by atoms with Crippen molar-refractivity contribution >= 4 is 11.5 Å². The van der Waals surface area contributed by atoms with Crippen LogP contribution in [0, 0.1) is 0 Å². The average molecular weight is 245 g/mol. The summed E-state index contributed by atoms with van der Waals surface area (Å²) in [6.45, 7) is 2.63. The lowest BCUT2D eigenvalue weighted by atomic mass is 10.0. The van der Waals surface area contributed by atoms with E-state index >= 15 is 0 Å². The molecule has 0 saturated carbocycles. The van der Waals surface area contributed by atoms with Gasteiger partial charge in [0, 0.05) is 18.6 Å². The van der Waals surface area contributed by atoms with Crippen molar-refractivity contribution in [1.29, 1.82) is 0 Å². The van der Waals surface area contributed by atoms with Crippen LogP contribution in [0.5, 0.6) is 0 Å². The Hall–Kier alpha value is -1.88. The number of nitrogens with zero attached hydrogens (tertiary/aromatic N) is 3. The van der Waals surface area contributed by atoms with E-state index in [1.165, 1.54) is 0 Å². The number of aromatic nitrogens is 1. The summed E-state index contributed by atoms with van der Waals surface area (Å²) in [7, 11) is 0. The number of carbonyl (C=O) groups excluding carboxylic acids is 1. The van der Waals surface area contributed by atoms with E-state index in [9.17, 15) is 4.79 Å². The number of hydrogen-bond donors (Lipinski definition) is 0. The summed E-state index contributed by atoms with van der Waals surface area (Å²) < 4.78 is 5.40. The third-order valence-corrected chi connectivity index (χ3v) is 3.21. The lowest BCUT2D eigenvalue weighted by molar-refractivity contribution is -0.143. The van der Waals surface area contributed by atoms with E-state index in [0.29, 0.717) is 26.2 Å². The minimum Gasteiger partial charge on any atom is -0.378 e. The van der Waals surface area contributed by atoms with E-state index in [1.54, 1.807) is 17.4 Å². The number of rotatable bonds is 1. The van der Waals surface area contributed by atoms with Crippen LogP contribution in [-0.4, -0.2) is 47.2 Å². The van der Waals surface area contributed by atoms with E-state index in [4.69, 9.17) is 4.74 Å². The lowest BCUT2D eigenvalue weighted by Gasteiger charge is -2.36. The maximum Gasteiger partial charge on any atom is 0.245 e. The van der Waals surface area contributed by atoms with Gasteiger partial charge in [0.2, 0.25) is 5.91 Å². The molecule has 0 aliphatic carbocycles. The molecule has 1 aromatic rings. The highest BCUT2D eigenvalue weighted by molar-refractivity contribution is 5.90. The maximum absolute atomic E-state index is 12.1. The second kappa shape index (κ2) is 4.78. The second-order valence-corrected chi connectivity index (χ2v) is 4.36. The minimum atomic E-state index is 0.134. The molecule has 2 aliphatic heterocycles. The topological polar surface area (TPSA) is 45.7 Å². The van der Waals surface area contributed by atoms with Crippen LogP contribution in [0.25, 0.3) is 5.57 Å². The Kier molecular flexibility index (Phi) is 2.98. The summed E-state index contributed by atoms with van der Waals surface area (Å²) in [5.41, 5.74) is 2.10. The molecule has 0 N–H and O–H groups in total. The quantitative estimate of drug-likeness (QED) is 0.737. The highest BCUT2D eigenvalue weighted by Gasteiger charge is 2.27.